The number of carbonyl (C=O) groups is 2. The Morgan fingerprint density at radius 1 is 1.00 bits per heavy atom. The largest absolute Gasteiger partial charge is 0.303 e. The highest BCUT2D eigenvalue weighted by Crippen LogP contribution is 2.28. The first kappa shape index (κ1) is 22.6. The van der Waals surface area contributed by atoms with E-state index in [1.165, 1.54) is 9.80 Å². The molecular formula is C26H26N4O2S. The van der Waals surface area contributed by atoms with Gasteiger partial charge in [0.25, 0.3) is 11.8 Å². The number of aromatic nitrogens is 2. The zero-order valence-corrected chi connectivity index (χ0v) is 20.0. The summed E-state index contributed by atoms with van der Waals surface area (Å²) in [5, 5.41) is 0.213. The molecule has 33 heavy (non-hydrogen) atoms. The van der Waals surface area contributed by atoms with E-state index in [0.717, 1.165) is 34.8 Å². The average molecular weight is 459 g/mol. The fraction of sp³-hybridized carbons (Fsp3) is 0.231. The lowest BCUT2D eigenvalue weighted by Gasteiger charge is -2.36. The Hall–Kier alpha value is -3.58. The van der Waals surface area contributed by atoms with Crippen molar-refractivity contribution in [3.8, 4) is 5.82 Å². The molecule has 3 heterocycles. The van der Waals surface area contributed by atoms with Crippen molar-refractivity contribution in [2.45, 2.75) is 34.1 Å². The molecule has 0 aliphatic carbocycles. The summed E-state index contributed by atoms with van der Waals surface area (Å²) < 4.78 is 2.03. The third-order valence-electron chi connectivity index (χ3n) is 5.69. The van der Waals surface area contributed by atoms with E-state index >= 15 is 0 Å². The maximum Gasteiger partial charge on any atom is 0.270 e. The number of para-hydroxylation sites is 1. The van der Waals surface area contributed by atoms with Gasteiger partial charge in [-0.1, -0.05) is 25.1 Å². The monoisotopic (exact) mass is 458 g/mol. The van der Waals surface area contributed by atoms with Crippen LogP contribution >= 0.6 is 12.2 Å². The molecule has 1 aromatic carbocycles. The fourth-order valence-electron chi connectivity index (χ4n) is 4.09. The third kappa shape index (κ3) is 4.12. The van der Waals surface area contributed by atoms with Gasteiger partial charge in [0, 0.05) is 24.1 Å². The van der Waals surface area contributed by atoms with Crippen LogP contribution in [-0.4, -0.2) is 37.9 Å². The maximum atomic E-state index is 13.5. The quantitative estimate of drug-likeness (QED) is 0.315. The van der Waals surface area contributed by atoms with Gasteiger partial charge in [0.1, 0.15) is 11.4 Å². The van der Waals surface area contributed by atoms with Gasteiger partial charge in [0.2, 0.25) is 0 Å². The fourth-order valence-corrected chi connectivity index (χ4v) is 4.45. The molecule has 0 N–H and O–H groups in total. The van der Waals surface area contributed by atoms with Gasteiger partial charge in [0.05, 0.1) is 5.69 Å². The lowest BCUT2D eigenvalue weighted by Crippen LogP contribution is -2.56. The van der Waals surface area contributed by atoms with Crippen molar-refractivity contribution in [1.82, 2.24) is 14.5 Å². The number of aryl methyl sites for hydroxylation is 2. The van der Waals surface area contributed by atoms with E-state index in [-0.39, 0.29) is 16.6 Å². The summed E-state index contributed by atoms with van der Waals surface area (Å²) in [5.74, 6) is 0.0233. The topological polar surface area (TPSA) is 58.4 Å². The van der Waals surface area contributed by atoms with Crippen LogP contribution in [0.3, 0.4) is 0 Å². The SMILES string of the molecule is CCCN1C(=O)C(=Cc2cc(C)n(-c3cc(C)ccn3)c2C)C(=O)N(c2ccccc2)C1=S. The van der Waals surface area contributed by atoms with Crippen LogP contribution in [0.15, 0.2) is 60.3 Å². The van der Waals surface area contributed by atoms with Gasteiger partial charge in [-0.3, -0.25) is 19.4 Å². The van der Waals surface area contributed by atoms with Crippen molar-refractivity contribution in [3.05, 3.63) is 82.8 Å². The molecule has 1 saturated heterocycles. The third-order valence-corrected chi connectivity index (χ3v) is 6.10. The van der Waals surface area contributed by atoms with Crippen LogP contribution in [0.4, 0.5) is 5.69 Å². The number of rotatable bonds is 5. The molecule has 4 rings (SSSR count). The summed E-state index contributed by atoms with van der Waals surface area (Å²) in [6, 6.07) is 15.1. The molecule has 0 radical (unpaired) electrons. The molecule has 6 nitrogen and oxygen atoms in total. The zero-order valence-electron chi connectivity index (χ0n) is 19.2. The van der Waals surface area contributed by atoms with Crippen LogP contribution in [0.1, 0.15) is 35.9 Å². The highest BCUT2D eigenvalue weighted by Gasteiger charge is 2.40. The molecule has 2 aromatic heterocycles. The first-order chi connectivity index (χ1) is 15.8. The number of pyridine rings is 1. The second-order valence-electron chi connectivity index (χ2n) is 8.13. The summed E-state index contributed by atoms with van der Waals surface area (Å²) in [6.45, 7) is 8.39. The Morgan fingerprint density at radius 2 is 1.73 bits per heavy atom. The highest BCUT2D eigenvalue weighted by atomic mass is 32.1. The minimum atomic E-state index is -0.415. The second-order valence-corrected chi connectivity index (χ2v) is 8.49. The Morgan fingerprint density at radius 3 is 2.39 bits per heavy atom. The number of carbonyl (C=O) groups excluding carboxylic acids is 2. The summed E-state index contributed by atoms with van der Waals surface area (Å²) in [6.07, 6.45) is 4.18. The van der Waals surface area contributed by atoms with E-state index in [1.54, 1.807) is 12.3 Å². The van der Waals surface area contributed by atoms with E-state index in [1.807, 2.05) is 80.8 Å². The predicted octanol–water partition coefficient (Wildman–Crippen LogP) is 4.75. The van der Waals surface area contributed by atoms with Crippen molar-refractivity contribution in [2.75, 3.05) is 11.4 Å². The summed E-state index contributed by atoms with van der Waals surface area (Å²) in [4.78, 5) is 34.3. The number of hydrogen-bond acceptors (Lipinski definition) is 4. The molecule has 1 aliphatic rings. The number of hydrogen-bond donors (Lipinski definition) is 0. The van der Waals surface area contributed by atoms with E-state index in [0.29, 0.717) is 12.2 Å². The molecule has 0 bridgehead atoms. The molecule has 3 aromatic rings. The minimum absolute atomic E-state index is 0.0957. The smallest absolute Gasteiger partial charge is 0.270 e. The number of thiocarbonyl (C=S) groups is 1. The zero-order chi connectivity index (χ0) is 23.7. The van der Waals surface area contributed by atoms with Crippen LogP contribution in [0, 0.1) is 20.8 Å². The molecule has 1 aliphatic heterocycles. The standard InChI is InChI=1S/C26H26N4O2S/c1-5-13-28-24(31)22(25(32)30(26(28)33)21-9-7-6-8-10-21)16-20-15-18(3)29(19(20)4)23-14-17(2)11-12-27-23/h6-12,14-16H,5,13H2,1-4H3. The van der Waals surface area contributed by atoms with E-state index in [2.05, 4.69) is 4.98 Å². The van der Waals surface area contributed by atoms with E-state index < -0.39 is 5.91 Å². The first-order valence-electron chi connectivity index (χ1n) is 10.9. The van der Waals surface area contributed by atoms with Crippen molar-refractivity contribution in [1.29, 1.82) is 0 Å². The minimum Gasteiger partial charge on any atom is -0.303 e. The van der Waals surface area contributed by atoms with Gasteiger partial charge in [-0.25, -0.2) is 4.98 Å². The summed E-state index contributed by atoms with van der Waals surface area (Å²) >= 11 is 5.57. The van der Waals surface area contributed by atoms with Crippen LogP contribution in [0.2, 0.25) is 0 Å². The summed E-state index contributed by atoms with van der Waals surface area (Å²) in [7, 11) is 0. The molecular weight excluding hydrogens is 432 g/mol. The Bertz CT molecular complexity index is 1280. The number of benzene rings is 1. The number of anilines is 1. The van der Waals surface area contributed by atoms with Gasteiger partial charge in [-0.2, -0.15) is 0 Å². The van der Waals surface area contributed by atoms with Crippen LogP contribution < -0.4 is 4.90 Å². The molecule has 0 spiro atoms. The normalized spacial score (nSPS) is 15.6. The number of amides is 2. The first-order valence-corrected chi connectivity index (χ1v) is 11.3. The molecule has 0 atom stereocenters. The van der Waals surface area contributed by atoms with Crippen LogP contribution in [0.5, 0.6) is 0 Å². The lowest BCUT2D eigenvalue weighted by atomic mass is 10.1. The van der Waals surface area contributed by atoms with Gasteiger partial charge in [0.15, 0.2) is 5.11 Å². The molecule has 168 valence electrons. The summed E-state index contributed by atoms with van der Waals surface area (Å²) in [5.41, 5.74) is 4.51. The Kier molecular flexibility index (Phi) is 6.24. The van der Waals surface area contributed by atoms with E-state index in [4.69, 9.17) is 12.2 Å². The van der Waals surface area contributed by atoms with Gasteiger partial charge < -0.3 is 4.57 Å². The number of nitrogens with zero attached hydrogens (tertiary/aromatic N) is 4. The molecule has 0 saturated carbocycles. The van der Waals surface area contributed by atoms with Gasteiger partial charge in [-0.05, 0) is 86.9 Å². The maximum absolute atomic E-state index is 13.5. The predicted molar refractivity (Wildman–Crippen MR) is 134 cm³/mol. The second kappa shape index (κ2) is 9.11. The average Bonchev–Trinajstić information content (AvgIpc) is 3.07. The Labute approximate surface area is 199 Å². The van der Waals surface area contributed by atoms with Crippen molar-refractivity contribution in [3.63, 3.8) is 0 Å². The molecule has 1 fully saturated rings. The van der Waals surface area contributed by atoms with Crippen molar-refractivity contribution < 1.29 is 9.59 Å². The molecule has 0 unspecified atom stereocenters. The van der Waals surface area contributed by atoms with Crippen LogP contribution in [0.25, 0.3) is 11.9 Å². The molecule has 2 amide bonds. The van der Waals surface area contributed by atoms with E-state index in [9.17, 15) is 9.59 Å². The van der Waals surface area contributed by atoms with Gasteiger partial charge in [-0.15, -0.1) is 0 Å². The van der Waals surface area contributed by atoms with Crippen molar-refractivity contribution >= 4 is 40.9 Å². The van der Waals surface area contributed by atoms with Crippen molar-refractivity contribution in [2.24, 2.45) is 0 Å². The lowest BCUT2D eigenvalue weighted by molar-refractivity contribution is -0.127. The highest BCUT2D eigenvalue weighted by molar-refractivity contribution is 7.80. The molecule has 7 heteroatoms. The van der Waals surface area contributed by atoms with Crippen LogP contribution in [-0.2, 0) is 9.59 Å². The Balaban J connectivity index is 1.82. The van der Waals surface area contributed by atoms with Gasteiger partial charge >= 0.3 is 0 Å².